The van der Waals surface area contributed by atoms with Crippen LogP contribution in [-0.4, -0.2) is 27.6 Å². The molecule has 3 aromatic rings. The normalized spacial score (nSPS) is 16.3. The molecule has 1 N–H and O–H groups in total. The molecule has 1 fully saturated rings. The lowest BCUT2D eigenvalue weighted by atomic mass is 10.1. The van der Waals surface area contributed by atoms with Gasteiger partial charge in [-0.05, 0) is 29.8 Å². The molecule has 1 aliphatic rings. The van der Waals surface area contributed by atoms with E-state index in [0.717, 1.165) is 5.56 Å². The molecule has 1 aliphatic heterocycles. The molecule has 0 aliphatic carbocycles. The Bertz CT molecular complexity index is 1090. The molecule has 0 spiro atoms. The average Bonchev–Trinajstić information content (AvgIpc) is 3.16. The smallest absolute Gasteiger partial charge is 0.415 e. The number of carbonyl (C=O) groups is 1. The van der Waals surface area contributed by atoms with E-state index in [2.05, 4.69) is 10.3 Å². The van der Waals surface area contributed by atoms with Gasteiger partial charge in [-0.2, -0.15) is 0 Å². The second-order valence-corrected chi connectivity index (χ2v) is 7.04. The zero-order valence-corrected chi connectivity index (χ0v) is 16.7. The van der Waals surface area contributed by atoms with Crippen LogP contribution in [-0.2, 0) is 4.74 Å². The molecule has 1 atom stereocenters. The third kappa shape index (κ3) is 4.21. The van der Waals surface area contributed by atoms with Crippen LogP contribution in [0.3, 0.4) is 0 Å². The number of hydrogen-bond donors (Lipinski definition) is 1. The Kier molecular flexibility index (Phi) is 5.81. The van der Waals surface area contributed by atoms with Crippen LogP contribution in [0.2, 0.25) is 0 Å². The number of cyclic esters (lactones) is 1. The van der Waals surface area contributed by atoms with Gasteiger partial charge in [0.05, 0.1) is 11.7 Å². The highest BCUT2D eigenvalue weighted by Crippen LogP contribution is 2.34. The number of thiocarbonyl (C=S) groups is 1. The van der Waals surface area contributed by atoms with E-state index < -0.39 is 6.09 Å². The zero-order chi connectivity index (χ0) is 20.9. The molecule has 1 saturated heterocycles. The monoisotopic (exact) mass is 419 g/mol. The Hall–Kier alpha value is -3.58. The van der Waals surface area contributed by atoms with Crippen molar-refractivity contribution in [3.8, 4) is 0 Å². The molecular weight excluding hydrogens is 401 g/mol. The first-order chi connectivity index (χ1) is 14.6. The fourth-order valence-electron chi connectivity index (χ4n) is 3.26. The van der Waals surface area contributed by atoms with Crippen molar-refractivity contribution >= 4 is 29.0 Å². The first-order valence-electron chi connectivity index (χ1n) is 9.31. The molecule has 30 heavy (non-hydrogen) atoms. The summed E-state index contributed by atoms with van der Waals surface area (Å²) in [5, 5.41) is 3.02. The Balaban J connectivity index is 1.70. The second kappa shape index (κ2) is 8.84. The number of halogens is 1. The van der Waals surface area contributed by atoms with Gasteiger partial charge >= 0.3 is 6.09 Å². The van der Waals surface area contributed by atoms with Gasteiger partial charge in [-0.15, -0.1) is 0 Å². The number of aromatic nitrogens is 1. The molecule has 5 nitrogen and oxygen atoms in total. The quantitative estimate of drug-likeness (QED) is 0.609. The SMILES string of the molecule is O=C1OC[C@@H](c2ccccc2)N1C(=CNC(=S)c1cccc(F)c1)c1cccnc1. The third-order valence-corrected chi connectivity index (χ3v) is 5.05. The highest BCUT2D eigenvalue weighted by atomic mass is 32.1. The molecule has 7 heteroatoms. The predicted octanol–water partition coefficient (Wildman–Crippen LogP) is 4.68. The molecule has 0 radical (unpaired) electrons. The summed E-state index contributed by atoms with van der Waals surface area (Å²) in [6.07, 6.45) is 4.49. The largest absolute Gasteiger partial charge is 0.447 e. The number of nitrogens with zero attached hydrogens (tertiary/aromatic N) is 2. The first-order valence-corrected chi connectivity index (χ1v) is 9.72. The fourth-order valence-corrected chi connectivity index (χ4v) is 3.45. The van der Waals surface area contributed by atoms with Gasteiger partial charge in [-0.1, -0.05) is 54.7 Å². The molecule has 2 heterocycles. The van der Waals surface area contributed by atoms with Crippen molar-refractivity contribution in [3.05, 3.63) is 108 Å². The van der Waals surface area contributed by atoms with Gasteiger partial charge in [-0.25, -0.2) is 9.18 Å². The van der Waals surface area contributed by atoms with Crippen LogP contribution in [0.5, 0.6) is 0 Å². The van der Waals surface area contributed by atoms with E-state index >= 15 is 0 Å². The predicted molar refractivity (Wildman–Crippen MR) is 116 cm³/mol. The van der Waals surface area contributed by atoms with Crippen LogP contribution in [0.15, 0.2) is 85.3 Å². The number of rotatable bonds is 5. The standard InChI is InChI=1S/C23H18FN3O2S/c24-19-10-4-8-17(12-19)22(30)26-14-20(18-9-5-11-25-13-18)27-21(15-29-23(27)28)16-6-2-1-3-7-16/h1-14,21H,15H2,(H,26,30)/t21-/m0/s1. The van der Waals surface area contributed by atoms with Crippen molar-refractivity contribution < 1.29 is 13.9 Å². The summed E-state index contributed by atoms with van der Waals surface area (Å²) in [7, 11) is 0. The van der Waals surface area contributed by atoms with E-state index in [1.165, 1.54) is 12.1 Å². The number of ether oxygens (including phenoxy) is 1. The molecule has 0 saturated carbocycles. The summed E-state index contributed by atoms with van der Waals surface area (Å²) >= 11 is 5.40. The average molecular weight is 419 g/mol. The van der Waals surface area contributed by atoms with Crippen molar-refractivity contribution in [1.82, 2.24) is 15.2 Å². The van der Waals surface area contributed by atoms with Gasteiger partial charge in [0, 0.05) is 29.7 Å². The van der Waals surface area contributed by atoms with Crippen molar-refractivity contribution in [2.75, 3.05) is 6.61 Å². The second-order valence-electron chi connectivity index (χ2n) is 6.63. The van der Waals surface area contributed by atoms with E-state index in [1.807, 2.05) is 36.4 Å². The Morgan fingerprint density at radius 3 is 2.67 bits per heavy atom. The topological polar surface area (TPSA) is 54.5 Å². The summed E-state index contributed by atoms with van der Waals surface area (Å²) in [5.41, 5.74) is 2.76. The Labute approximate surface area is 178 Å². The first kappa shape index (κ1) is 19.7. The lowest BCUT2D eigenvalue weighted by Gasteiger charge is -2.25. The maximum absolute atomic E-state index is 13.5. The van der Waals surface area contributed by atoms with Gasteiger partial charge in [0.15, 0.2) is 0 Å². The maximum Gasteiger partial charge on any atom is 0.415 e. The van der Waals surface area contributed by atoms with Gasteiger partial charge in [0.25, 0.3) is 0 Å². The van der Waals surface area contributed by atoms with Crippen LogP contribution < -0.4 is 5.32 Å². The molecule has 0 bridgehead atoms. The minimum absolute atomic E-state index is 0.231. The Morgan fingerprint density at radius 2 is 1.93 bits per heavy atom. The number of nitrogens with one attached hydrogen (secondary N) is 1. The van der Waals surface area contributed by atoms with E-state index in [-0.39, 0.29) is 18.5 Å². The maximum atomic E-state index is 13.5. The van der Waals surface area contributed by atoms with Gasteiger partial charge < -0.3 is 10.1 Å². The molecule has 1 amide bonds. The highest BCUT2D eigenvalue weighted by molar-refractivity contribution is 7.80. The summed E-state index contributed by atoms with van der Waals surface area (Å²) in [4.78, 5) is 18.7. The minimum Gasteiger partial charge on any atom is -0.447 e. The third-order valence-electron chi connectivity index (χ3n) is 4.70. The van der Waals surface area contributed by atoms with Crippen LogP contribution in [0.1, 0.15) is 22.7 Å². The molecule has 1 aromatic heterocycles. The van der Waals surface area contributed by atoms with E-state index in [9.17, 15) is 9.18 Å². The summed E-state index contributed by atoms with van der Waals surface area (Å²) in [6.45, 7) is 0.231. The van der Waals surface area contributed by atoms with Crippen molar-refractivity contribution in [3.63, 3.8) is 0 Å². The van der Waals surface area contributed by atoms with E-state index in [4.69, 9.17) is 17.0 Å². The lowest BCUT2D eigenvalue weighted by Crippen LogP contribution is -2.28. The number of carbonyl (C=O) groups excluding carboxylic acids is 1. The molecule has 0 unspecified atom stereocenters. The van der Waals surface area contributed by atoms with Crippen LogP contribution in [0.25, 0.3) is 5.70 Å². The summed E-state index contributed by atoms with van der Waals surface area (Å²) < 4.78 is 18.9. The van der Waals surface area contributed by atoms with Crippen molar-refractivity contribution in [1.29, 1.82) is 0 Å². The lowest BCUT2D eigenvalue weighted by molar-refractivity contribution is 0.167. The van der Waals surface area contributed by atoms with Gasteiger partial charge in [-0.3, -0.25) is 9.88 Å². The number of pyridine rings is 1. The molecule has 4 rings (SSSR count). The zero-order valence-electron chi connectivity index (χ0n) is 15.9. The molecular formula is C23H18FN3O2S. The number of benzene rings is 2. The molecule has 2 aromatic carbocycles. The molecule has 150 valence electrons. The summed E-state index contributed by atoms with van der Waals surface area (Å²) in [5.74, 6) is -0.375. The number of amides is 1. The van der Waals surface area contributed by atoms with Gasteiger partial charge in [0.2, 0.25) is 0 Å². The number of hydrogen-bond acceptors (Lipinski definition) is 4. The fraction of sp³-hybridized carbons (Fsp3) is 0.0870. The Morgan fingerprint density at radius 1 is 1.13 bits per heavy atom. The van der Waals surface area contributed by atoms with Crippen molar-refractivity contribution in [2.24, 2.45) is 0 Å². The highest BCUT2D eigenvalue weighted by Gasteiger charge is 2.37. The van der Waals surface area contributed by atoms with Crippen molar-refractivity contribution in [2.45, 2.75) is 6.04 Å². The van der Waals surface area contributed by atoms with E-state index in [1.54, 1.807) is 41.7 Å². The van der Waals surface area contributed by atoms with E-state index in [0.29, 0.717) is 21.8 Å². The summed E-state index contributed by atoms with van der Waals surface area (Å²) in [6, 6.07) is 19.0. The van der Waals surface area contributed by atoms with Crippen LogP contribution in [0.4, 0.5) is 9.18 Å². The van der Waals surface area contributed by atoms with Crippen LogP contribution in [0, 0.1) is 5.82 Å². The minimum atomic E-state index is -0.461. The van der Waals surface area contributed by atoms with Crippen LogP contribution >= 0.6 is 12.2 Å². The van der Waals surface area contributed by atoms with Gasteiger partial charge in [0.1, 0.15) is 17.4 Å².